The maximum atomic E-state index is 12.9. The van der Waals surface area contributed by atoms with Crippen molar-refractivity contribution in [1.29, 1.82) is 0 Å². The summed E-state index contributed by atoms with van der Waals surface area (Å²) in [6.45, 7) is 1.40. The minimum Gasteiger partial charge on any atom is -0.371 e. The lowest BCUT2D eigenvalue weighted by atomic mass is 10.2. The standard InChI is InChI=1S/C13H19F2NO2/c1-13(14,15)8-10-16(9-7-12(17)18)11-5-3-2-4-6-11/h2-6,12,17-18H,7-10H2,1H3. The molecule has 3 nitrogen and oxygen atoms in total. The molecule has 5 heteroatoms. The number of aliphatic hydroxyl groups is 2. The minimum atomic E-state index is -2.72. The Balaban J connectivity index is 2.63. The van der Waals surface area contributed by atoms with Crippen molar-refractivity contribution in [3.63, 3.8) is 0 Å². The van der Waals surface area contributed by atoms with E-state index >= 15 is 0 Å². The third kappa shape index (κ3) is 5.93. The second-order valence-electron chi connectivity index (χ2n) is 4.41. The highest BCUT2D eigenvalue weighted by Crippen LogP contribution is 2.20. The first-order valence-electron chi connectivity index (χ1n) is 5.92. The molecule has 0 fully saturated rings. The highest BCUT2D eigenvalue weighted by Gasteiger charge is 2.22. The van der Waals surface area contributed by atoms with Gasteiger partial charge in [0.05, 0.1) is 0 Å². The van der Waals surface area contributed by atoms with Gasteiger partial charge in [0.15, 0.2) is 6.29 Å². The fraction of sp³-hybridized carbons (Fsp3) is 0.538. The highest BCUT2D eigenvalue weighted by atomic mass is 19.3. The molecule has 0 aliphatic heterocycles. The van der Waals surface area contributed by atoms with E-state index in [1.54, 1.807) is 4.90 Å². The number of para-hydroxylation sites is 1. The van der Waals surface area contributed by atoms with E-state index in [0.717, 1.165) is 12.6 Å². The smallest absolute Gasteiger partial charge is 0.247 e. The molecule has 1 rings (SSSR count). The van der Waals surface area contributed by atoms with Crippen LogP contribution >= 0.6 is 0 Å². The Morgan fingerprint density at radius 2 is 1.78 bits per heavy atom. The zero-order chi connectivity index (χ0) is 13.6. The molecule has 0 amide bonds. The number of aliphatic hydroxyl groups excluding tert-OH is 1. The number of halogens is 2. The van der Waals surface area contributed by atoms with Crippen LogP contribution in [-0.4, -0.2) is 35.5 Å². The molecule has 0 saturated heterocycles. The van der Waals surface area contributed by atoms with Crippen molar-refractivity contribution in [2.75, 3.05) is 18.0 Å². The predicted molar refractivity (Wildman–Crippen MR) is 66.7 cm³/mol. The Labute approximate surface area is 106 Å². The van der Waals surface area contributed by atoms with Crippen molar-refractivity contribution in [1.82, 2.24) is 0 Å². The van der Waals surface area contributed by atoms with Crippen LogP contribution in [-0.2, 0) is 0 Å². The molecule has 0 aromatic heterocycles. The monoisotopic (exact) mass is 259 g/mol. The van der Waals surface area contributed by atoms with Gasteiger partial charge in [-0.25, -0.2) is 8.78 Å². The van der Waals surface area contributed by atoms with E-state index in [2.05, 4.69) is 0 Å². The van der Waals surface area contributed by atoms with E-state index in [0.29, 0.717) is 6.54 Å². The van der Waals surface area contributed by atoms with Crippen LogP contribution in [0.25, 0.3) is 0 Å². The fourth-order valence-corrected chi connectivity index (χ4v) is 1.61. The fourth-order valence-electron chi connectivity index (χ4n) is 1.61. The van der Waals surface area contributed by atoms with Crippen molar-refractivity contribution in [3.8, 4) is 0 Å². The van der Waals surface area contributed by atoms with E-state index < -0.39 is 12.2 Å². The first-order chi connectivity index (χ1) is 8.38. The topological polar surface area (TPSA) is 43.7 Å². The van der Waals surface area contributed by atoms with E-state index in [4.69, 9.17) is 10.2 Å². The molecule has 0 spiro atoms. The summed E-state index contributed by atoms with van der Waals surface area (Å²) >= 11 is 0. The summed E-state index contributed by atoms with van der Waals surface area (Å²) in [7, 11) is 0. The third-order valence-corrected chi connectivity index (χ3v) is 2.60. The lowest BCUT2D eigenvalue weighted by Gasteiger charge is -2.26. The summed E-state index contributed by atoms with van der Waals surface area (Å²) in [6, 6.07) is 9.12. The van der Waals surface area contributed by atoms with Gasteiger partial charge in [0.2, 0.25) is 5.92 Å². The van der Waals surface area contributed by atoms with E-state index in [-0.39, 0.29) is 19.4 Å². The summed E-state index contributed by atoms with van der Waals surface area (Å²) in [6.07, 6.45) is -1.55. The van der Waals surface area contributed by atoms with Crippen LogP contribution < -0.4 is 4.90 Å². The molecule has 18 heavy (non-hydrogen) atoms. The van der Waals surface area contributed by atoms with Crippen molar-refractivity contribution >= 4 is 5.69 Å². The number of benzene rings is 1. The first kappa shape index (κ1) is 14.9. The predicted octanol–water partition coefficient (Wildman–Crippen LogP) is 2.24. The molecular weight excluding hydrogens is 240 g/mol. The molecule has 1 aromatic rings. The molecule has 2 N–H and O–H groups in total. The molecule has 0 unspecified atom stereocenters. The van der Waals surface area contributed by atoms with Crippen LogP contribution in [0.15, 0.2) is 30.3 Å². The van der Waals surface area contributed by atoms with Crippen LogP contribution in [0.5, 0.6) is 0 Å². The second-order valence-corrected chi connectivity index (χ2v) is 4.41. The molecule has 0 atom stereocenters. The van der Waals surface area contributed by atoms with Gasteiger partial charge in [-0.05, 0) is 19.1 Å². The number of rotatable bonds is 7. The highest BCUT2D eigenvalue weighted by molar-refractivity contribution is 5.45. The Hall–Kier alpha value is -1.20. The van der Waals surface area contributed by atoms with Crippen molar-refractivity contribution in [2.24, 2.45) is 0 Å². The van der Waals surface area contributed by atoms with Crippen LogP contribution in [0.1, 0.15) is 19.8 Å². The zero-order valence-electron chi connectivity index (χ0n) is 10.4. The largest absolute Gasteiger partial charge is 0.371 e. The van der Waals surface area contributed by atoms with Gasteiger partial charge in [-0.3, -0.25) is 0 Å². The molecule has 0 saturated carbocycles. The second kappa shape index (κ2) is 6.66. The van der Waals surface area contributed by atoms with Gasteiger partial charge in [0.1, 0.15) is 0 Å². The van der Waals surface area contributed by atoms with E-state index in [9.17, 15) is 8.78 Å². The van der Waals surface area contributed by atoms with Gasteiger partial charge in [-0.1, -0.05) is 18.2 Å². The summed E-state index contributed by atoms with van der Waals surface area (Å²) < 4.78 is 25.7. The molecule has 0 aliphatic carbocycles. The lowest BCUT2D eigenvalue weighted by Crippen LogP contribution is -2.31. The van der Waals surface area contributed by atoms with Gasteiger partial charge in [0.25, 0.3) is 0 Å². The summed E-state index contributed by atoms with van der Waals surface area (Å²) in [5.41, 5.74) is 0.808. The van der Waals surface area contributed by atoms with Gasteiger partial charge >= 0.3 is 0 Å². The van der Waals surface area contributed by atoms with Gasteiger partial charge in [-0.15, -0.1) is 0 Å². The van der Waals surface area contributed by atoms with E-state index in [1.165, 1.54) is 0 Å². The molecule has 0 radical (unpaired) electrons. The number of hydrogen-bond acceptors (Lipinski definition) is 3. The maximum Gasteiger partial charge on any atom is 0.247 e. The van der Waals surface area contributed by atoms with Gasteiger partial charge < -0.3 is 15.1 Å². The number of nitrogens with zero attached hydrogens (tertiary/aromatic N) is 1. The Morgan fingerprint density at radius 3 is 2.28 bits per heavy atom. The molecule has 0 bridgehead atoms. The quantitative estimate of drug-likeness (QED) is 0.738. The Morgan fingerprint density at radius 1 is 1.17 bits per heavy atom. The van der Waals surface area contributed by atoms with E-state index in [1.807, 2.05) is 30.3 Å². The molecule has 0 heterocycles. The normalized spacial score (nSPS) is 11.9. The summed E-state index contributed by atoms with van der Waals surface area (Å²) in [4.78, 5) is 1.73. The Bertz CT molecular complexity index is 339. The van der Waals surface area contributed by atoms with Crippen LogP contribution in [0.4, 0.5) is 14.5 Å². The maximum absolute atomic E-state index is 12.9. The van der Waals surface area contributed by atoms with Crippen LogP contribution in [0, 0.1) is 0 Å². The van der Waals surface area contributed by atoms with Gasteiger partial charge in [0, 0.05) is 31.6 Å². The molecular formula is C13H19F2NO2. The number of anilines is 1. The number of alkyl halides is 2. The van der Waals surface area contributed by atoms with Crippen molar-refractivity contribution in [3.05, 3.63) is 30.3 Å². The average molecular weight is 259 g/mol. The van der Waals surface area contributed by atoms with Crippen LogP contribution in [0.2, 0.25) is 0 Å². The van der Waals surface area contributed by atoms with Crippen molar-refractivity contribution in [2.45, 2.75) is 32.0 Å². The molecule has 1 aromatic carbocycles. The summed E-state index contributed by atoms with van der Waals surface area (Å²) in [5.74, 6) is -2.72. The third-order valence-electron chi connectivity index (χ3n) is 2.60. The molecule has 102 valence electrons. The zero-order valence-corrected chi connectivity index (χ0v) is 10.4. The molecule has 0 aliphatic rings. The summed E-state index contributed by atoms with van der Waals surface area (Å²) in [5, 5.41) is 17.7. The van der Waals surface area contributed by atoms with Gasteiger partial charge in [-0.2, -0.15) is 0 Å². The lowest BCUT2D eigenvalue weighted by molar-refractivity contribution is -0.0435. The SMILES string of the molecule is CC(F)(F)CCN(CCC(O)O)c1ccccc1. The minimum absolute atomic E-state index is 0.129. The average Bonchev–Trinajstić information content (AvgIpc) is 2.28. The first-order valence-corrected chi connectivity index (χ1v) is 5.92. The van der Waals surface area contributed by atoms with Crippen LogP contribution in [0.3, 0.4) is 0 Å². The number of hydrogen-bond donors (Lipinski definition) is 2. The van der Waals surface area contributed by atoms with Crippen molar-refractivity contribution < 1.29 is 19.0 Å². The Kier molecular flexibility index (Phi) is 5.50.